The number of rotatable bonds is 3. The highest BCUT2D eigenvalue weighted by atomic mass is 16.8. The number of ether oxygens (including phenoxy) is 14. The predicted octanol–water partition coefficient (Wildman–Crippen LogP) is -10.9. The van der Waals surface area contributed by atoms with E-state index in [1.807, 2.05) is 0 Å². The van der Waals surface area contributed by atoms with Crippen LogP contribution >= 0.6 is 0 Å². The summed E-state index contributed by atoms with van der Waals surface area (Å²) >= 11 is 0. The molecule has 0 saturated carbocycles. The molecule has 80 heavy (non-hydrogen) atoms. The molecule has 14 bridgehead atoms. The normalized spacial score (nSPS) is 53.1. The lowest BCUT2D eigenvalue weighted by atomic mass is 9.93. The number of carbonyl (C=O) groups is 3. The van der Waals surface area contributed by atoms with E-state index in [9.17, 15) is 85.9 Å². The van der Waals surface area contributed by atoms with Crippen molar-refractivity contribution in [1.29, 1.82) is 0 Å². The van der Waals surface area contributed by atoms with Gasteiger partial charge in [-0.1, -0.05) is 23.7 Å². The third-order valence-electron chi connectivity index (χ3n) is 14.7. The summed E-state index contributed by atoms with van der Waals surface area (Å²) in [6, 6.07) is 0. The van der Waals surface area contributed by atoms with Crippen molar-refractivity contribution in [2.75, 3.05) is 0 Å². The molecule has 21 aliphatic heterocycles. The van der Waals surface area contributed by atoms with Gasteiger partial charge in [0.1, 0.15) is 171 Å². The van der Waals surface area contributed by atoms with Gasteiger partial charge in [-0.25, -0.2) is 0 Å². The Morgan fingerprint density at radius 1 is 0.250 bits per heavy atom. The van der Waals surface area contributed by atoms with E-state index in [-0.39, 0.29) is 0 Å². The van der Waals surface area contributed by atoms with Crippen LogP contribution in [0.2, 0.25) is 0 Å². The van der Waals surface area contributed by atoms with E-state index < -0.39 is 232 Å². The molecule has 14 N–H and O–H groups in total. The van der Waals surface area contributed by atoms with Gasteiger partial charge in [-0.15, -0.1) is 25.7 Å². The highest BCUT2D eigenvalue weighted by Gasteiger charge is 2.60. The summed E-state index contributed by atoms with van der Waals surface area (Å²) in [5.41, 5.74) is 0. The quantitative estimate of drug-likeness (QED) is 0.117. The van der Waals surface area contributed by atoms with E-state index in [1.165, 1.54) is 0 Å². The number of terminal acetylenes is 4. The first-order valence-electron chi connectivity index (χ1n) is 24.8. The first-order valence-corrected chi connectivity index (χ1v) is 24.8. The Labute approximate surface area is 453 Å². The van der Waals surface area contributed by atoms with Crippen molar-refractivity contribution >= 4 is 17.3 Å². The Morgan fingerprint density at radius 3 is 0.562 bits per heavy atom. The fourth-order valence-corrected chi connectivity index (χ4v) is 10.3. The average Bonchev–Trinajstić information content (AvgIpc) is 3.44. The number of ketones is 3. The molecule has 0 amide bonds. The minimum Gasteiger partial charge on any atom is -0.387 e. The van der Waals surface area contributed by atoms with E-state index in [4.69, 9.17) is 92.0 Å². The van der Waals surface area contributed by atoms with Crippen molar-refractivity contribution in [3.05, 3.63) is 0 Å². The third-order valence-corrected chi connectivity index (χ3v) is 14.7. The summed E-state index contributed by atoms with van der Waals surface area (Å²) < 4.78 is 80.0. The summed E-state index contributed by atoms with van der Waals surface area (Å²) in [4.78, 5) is 39.4. The van der Waals surface area contributed by atoms with Crippen LogP contribution in [0.4, 0.5) is 0 Å². The molecule has 0 spiro atoms. The summed E-state index contributed by atoms with van der Waals surface area (Å²) in [5.74, 6) is 5.70. The zero-order valence-corrected chi connectivity index (χ0v) is 42.2. The number of hydrogen-bond donors (Lipinski definition) is 14. The minimum atomic E-state index is -2.31. The SMILES string of the molecule is C#CC1OC2OC3C(C#C)OC(OC4C(C(C)=O)OC(OC5C(C(C)=O)OC(OC6C(C(C)=O)OC(OC7C(C#C)OC(OC8C(C#C)OC(OC1C(O)C2O)C(O)C8O)C(O)C7O)C(O)C6O)C(O)C5O)C(O)C4O)C(O)C3O. The molecule has 35 atom stereocenters. The van der Waals surface area contributed by atoms with Gasteiger partial charge in [0, 0.05) is 0 Å². The van der Waals surface area contributed by atoms with Gasteiger partial charge in [0.25, 0.3) is 0 Å². The molecule has 21 fully saturated rings. The van der Waals surface area contributed by atoms with Gasteiger partial charge in [0.15, 0.2) is 61.4 Å². The van der Waals surface area contributed by atoms with Crippen LogP contribution < -0.4 is 0 Å². The molecule has 444 valence electrons. The van der Waals surface area contributed by atoms with Crippen molar-refractivity contribution in [2.24, 2.45) is 0 Å². The molecule has 21 aliphatic rings. The van der Waals surface area contributed by atoms with Crippen LogP contribution in [0.25, 0.3) is 0 Å². The second-order valence-electron chi connectivity index (χ2n) is 20.0. The third kappa shape index (κ3) is 11.7. The molecular formula is C49H62O31. The van der Waals surface area contributed by atoms with Gasteiger partial charge in [-0.3, -0.25) is 14.4 Å². The summed E-state index contributed by atoms with van der Waals surface area (Å²) in [7, 11) is 0. The Kier molecular flexibility index (Phi) is 19.5. The number of carbonyl (C=O) groups excluding carboxylic acids is 3. The fraction of sp³-hybridized carbons (Fsp3) is 0.776. The van der Waals surface area contributed by atoms with E-state index in [0.717, 1.165) is 20.8 Å². The van der Waals surface area contributed by atoms with E-state index >= 15 is 0 Å². The van der Waals surface area contributed by atoms with Gasteiger partial charge in [-0.05, 0) is 20.8 Å². The Balaban J connectivity index is 1.11. The van der Waals surface area contributed by atoms with E-state index in [2.05, 4.69) is 23.7 Å². The second kappa shape index (κ2) is 25.1. The molecular weight excluding hydrogens is 1080 g/mol. The van der Waals surface area contributed by atoms with Crippen LogP contribution in [0.3, 0.4) is 0 Å². The van der Waals surface area contributed by atoms with Crippen molar-refractivity contribution < 1.29 is 152 Å². The van der Waals surface area contributed by atoms with Gasteiger partial charge < -0.3 is 138 Å². The first-order chi connectivity index (χ1) is 37.8. The summed E-state index contributed by atoms with van der Waals surface area (Å²) in [5, 5.41) is 159. The Morgan fingerprint density at radius 2 is 0.400 bits per heavy atom. The van der Waals surface area contributed by atoms with Crippen LogP contribution in [0.1, 0.15) is 20.8 Å². The Bertz CT molecular complexity index is 2350. The molecule has 0 aromatic rings. The predicted molar refractivity (Wildman–Crippen MR) is 246 cm³/mol. The topological polar surface area (TPSA) is 464 Å². The molecule has 21 rings (SSSR count). The first kappa shape index (κ1) is 62.2. The van der Waals surface area contributed by atoms with Crippen molar-refractivity contribution in [2.45, 2.75) is 236 Å². The smallest absolute Gasteiger partial charge is 0.188 e. The lowest BCUT2D eigenvalue weighted by Crippen LogP contribution is -2.68. The minimum absolute atomic E-state index is 0.923. The lowest BCUT2D eigenvalue weighted by molar-refractivity contribution is -0.383. The molecule has 0 radical (unpaired) electrons. The second-order valence-corrected chi connectivity index (χ2v) is 20.0. The number of Topliss-reactive ketones (excluding diaryl/α,β-unsaturated/α-hetero) is 3. The van der Waals surface area contributed by atoms with Crippen LogP contribution in [0.5, 0.6) is 0 Å². The largest absolute Gasteiger partial charge is 0.387 e. The Hall–Kier alpha value is -3.87. The van der Waals surface area contributed by atoms with E-state index in [1.54, 1.807) is 0 Å². The molecule has 0 aromatic heterocycles. The van der Waals surface area contributed by atoms with Gasteiger partial charge in [0.05, 0.1) is 0 Å². The molecule has 0 aliphatic carbocycles. The van der Waals surface area contributed by atoms with Gasteiger partial charge >= 0.3 is 0 Å². The average molecular weight is 1150 g/mol. The summed E-state index contributed by atoms with van der Waals surface area (Å²) in [6.07, 6.45) is -49.6. The molecule has 31 nitrogen and oxygen atoms in total. The van der Waals surface area contributed by atoms with Crippen LogP contribution in [-0.2, 0) is 80.7 Å². The molecule has 21 saturated heterocycles. The van der Waals surface area contributed by atoms with Crippen LogP contribution in [0, 0.1) is 49.4 Å². The maximum atomic E-state index is 13.2. The maximum absolute atomic E-state index is 13.2. The highest BCUT2D eigenvalue weighted by Crippen LogP contribution is 2.39. The molecule has 0 aromatic carbocycles. The monoisotopic (exact) mass is 1150 g/mol. The molecule has 35 unspecified atom stereocenters. The zero-order valence-electron chi connectivity index (χ0n) is 42.2. The van der Waals surface area contributed by atoms with Crippen LogP contribution in [-0.4, -0.2) is 304 Å². The maximum Gasteiger partial charge on any atom is 0.188 e. The molecule has 31 heteroatoms. The van der Waals surface area contributed by atoms with Crippen LogP contribution in [0.15, 0.2) is 0 Å². The fourth-order valence-electron chi connectivity index (χ4n) is 10.3. The van der Waals surface area contributed by atoms with Crippen molar-refractivity contribution in [3.63, 3.8) is 0 Å². The number of aliphatic hydroxyl groups is 14. The highest BCUT2D eigenvalue weighted by molar-refractivity contribution is 5.82. The van der Waals surface area contributed by atoms with Crippen molar-refractivity contribution in [1.82, 2.24) is 0 Å². The van der Waals surface area contributed by atoms with Gasteiger partial charge in [0.2, 0.25) is 0 Å². The summed E-state index contributed by atoms with van der Waals surface area (Å²) in [6.45, 7) is 2.79. The standard InChI is InChI=1S/C49H62O31/c1-8-15-36-20(54)27(61)44(68-15)76-38-17(10-3)70-46(29(63)22(38)56)78-40-24(58)31(65)48(72-33(40)12(5)50)80-42-25(59)32(66)49(73-35(42)14(7)52)79-41-23(57)30(64)47(71-34(41)13(6)51)77-39-18(11-4)69-45(28(62)21(39)55)75-37-16(9-2)67-43(74-36)26(60)19(37)53/h1-4,15-49,53-66H,5-7H3. The number of hydrogen-bond acceptors (Lipinski definition) is 31. The lowest BCUT2D eigenvalue weighted by Gasteiger charge is -2.49. The van der Waals surface area contributed by atoms with Gasteiger partial charge in [-0.2, -0.15) is 0 Å². The molecule has 21 heterocycles. The zero-order chi connectivity index (χ0) is 58.7. The number of aliphatic hydroxyl groups excluding tert-OH is 14. The van der Waals surface area contributed by atoms with Crippen molar-refractivity contribution in [3.8, 4) is 49.4 Å². The van der Waals surface area contributed by atoms with E-state index in [0.29, 0.717) is 0 Å².